The summed E-state index contributed by atoms with van der Waals surface area (Å²) in [4.78, 5) is 68.3. The molecule has 1 amide bonds. The second kappa shape index (κ2) is 10.9. The highest BCUT2D eigenvalue weighted by molar-refractivity contribution is 6.32. The smallest absolute Gasteiger partial charge is 0.235 e. The predicted molar refractivity (Wildman–Crippen MR) is 158 cm³/mol. The minimum Gasteiger partial charge on any atom is -0.507 e. The van der Waals surface area contributed by atoms with Crippen LogP contribution in [0.4, 0.5) is 0 Å². The number of furan rings is 1. The maximum atomic E-state index is 14.0. The lowest BCUT2D eigenvalue weighted by Gasteiger charge is -2.52. The number of hydrogen-bond acceptors (Lipinski definition) is 9. The fourth-order valence-corrected chi connectivity index (χ4v) is 7.60. The van der Waals surface area contributed by atoms with Gasteiger partial charge in [-0.1, -0.05) is 30.3 Å². The van der Waals surface area contributed by atoms with Gasteiger partial charge in [0.25, 0.3) is 0 Å². The summed E-state index contributed by atoms with van der Waals surface area (Å²) in [6.07, 6.45) is 2.62. The van der Waals surface area contributed by atoms with Crippen molar-refractivity contribution in [2.24, 2.45) is 29.4 Å². The van der Waals surface area contributed by atoms with Gasteiger partial charge in [-0.2, -0.15) is 0 Å². The Hall–Kier alpha value is -4.41. The van der Waals surface area contributed by atoms with E-state index in [2.05, 4.69) is 12.1 Å². The third-order valence-electron chi connectivity index (χ3n) is 9.60. The van der Waals surface area contributed by atoms with Crippen LogP contribution in [0, 0.1) is 23.7 Å². The molecule has 0 spiro atoms. The summed E-state index contributed by atoms with van der Waals surface area (Å²) in [5.74, 6) is -9.43. The number of rotatable bonds is 7. The number of phenolic OH excluding ortho intramolecular Hbond substituents is 1. The molecule has 3 aromatic rings. The molecular formula is C34H34N2O8. The van der Waals surface area contributed by atoms with Crippen LogP contribution >= 0.6 is 0 Å². The molecule has 44 heavy (non-hydrogen) atoms. The molecule has 0 saturated heterocycles. The number of aliphatic hydroxyl groups is 1. The summed E-state index contributed by atoms with van der Waals surface area (Å²) in [7, 11) is 3.11. The first-order valence-corrected chi connectivity index (χ1v) is 14.8. The highest BCUT2D eigenvalue weighted by Crippen LogP contribution is 2.51. The Morgan fingerprint density at radius 3 is 2.41 bits per heavy atom. The number of aromatic hydroxyl groups is 1. The molecule has 6 atom stereocenters. The molecule has 228 valence electrons. The van der Waals surface area contributed by atoms with E-state index in [1.54, 1.807) is 20.2 Å². The minimum absolute atomic E-state index is 0.0120. The zero-order valence-corrected chi connectivity index (χ0v) is 24.5. The summed E-state index contributed by atoms with van der Waals surface area (Å²) >= 11 is 0. The highest BCUT2D eigenvalue weighted by atomic mass is 16.3. The largest absolute Gasteiger partial charge is 0.507 e. The number of carbonyl (C=O) groups excluding carboxylic acids is 5. The first-order valence-electron chi connectivity index (χ1n) is 14.8. The molecule has 3 aliphatic rings. The van der Waals surface area contributed by atoms with Crippen molar-refractivity contribution in [2.45, 2.75) is 43.7 Å². The summed E-state index contributed by atoms with van der Waals surface area (Å²) in [5.41, 5.74) is 4.90. The molecule has 1 aromatic heterocycles. The van der Waals surface area contributed by atoms with Gasteiger partial charge in [-0.05, 0) is 81.1 Å². The van der Waals surface area contributed by atoms with E-state index in [0.717, 1.165) is 18.6 Å². The summed E-state index contributed by atoms with van der Waals surface area (Å²) in [6, 6.07) is 15.7. The molecular weight excluding hydrogens is 564 g/mol. The highest BCUT2D eigenvalue weighted by Gasteiger charge is 2.69. The van der Waals surface area contributed by atoms with Crippen LogP contribution in [0.2, 0.25) is 0 Å². The molecule has 0 aliphatic heterocycles. The number of likely N-dealkylation sites (N-methyl/N-ethyl adjacent to an activating group) is 1. The van der Waals surface area contributed by atoms with E-state index in [9.17, 15) is 34.2 Å². The van der Waals surface area contributed by atoms with Crippen LogP contribution in [-0.4, -0.2) is 69.9 Å². The SMILES string of the molecule is CN(C)C1C(=O)C(C(N)=O)C(=O)[C@]2(O)C(=O)C3C(=O)c4c(O)ccc(-c5ccc(CCCc6ccccc6)o5)c4C[C@@H]3C[C@H]12. The molecule has 10 nitrogen and oxygen atoms in total. The van der Waals surface area contributed by atoms with E-state index in [0.29, 0.717) is 23.3 Å². The van der Waals surface area contributed by atoms with Gasteiger partial charge in [-0.15, -0.1) is 0 Å². The van der Waals surface area contributed by atoms with Crippen molar-refractivity contribution < 1.29 is 38.6 Å². The van der Waals surface area contributed by atoms with Gasteiger partial charge in [0, 0.05) is 17.9 Å². The van der Waals surface area contributed by atoms with E-state index < -0.39 is 64.4 Å². The quantitative estimate of drug-likeness (QED) is 0.346. The molecule has 3 unspecified atom stereocenters. The van der Waals surface area contributed by atoms with Gasteiger partial charge in [0.1, 0.15) is 17.3 Å². The third kappa shape index (κ3) is 4.51. The fraction of sp³-hybridized carbons (Fsp3) is 0.382. The van der Waals surface area contributed by atoms with E-state index in [1.807, 2.05) is 30.3 Å². The van der Waals surface area contributed by atoms with E-state index in [1.165, 1.54) is 16.5 Å². The molecule has 2 saturated carbocycles. The van der Waals surface area contributed by atoms with Gasteiger partial charge >= 0.3 is 0 Å². The van der Waals surface area contributed by atoms with Crippen molar-refractivity contribution in [2.75, 3.05) is 14.1 Å². The molecule has 0 bridgehead atoms. The number of carbonyl (C=O) groups is 5. The molecule has 6 rings (SSSR count). The number of ketones is 4. The fourth-order valence-electron chi connectivity index (χ4n) is 7.60. The molecule has 1 heterocycles. The number of nitrogens with zero attached hydrogens (tertiary/aromatic N) is 1. The Morgan fingerprint density at radius 1 is 1.00 bits per heavy atom. The number of aryl methyl sites for hydroxylation is 2. The Labute approximate surface area is 253 Å². The lowest BCUT2D eigenvalue weighted by atomic mass is 9.52. The van der Waals surface area contributed by atoms with Gasteiger partial charge in [-0.3, -0.25) is 28.9 Å². The van der Waals surface area contributed by atoms with Gasteiger partial charge in [0.05, 0.1) is 17.5 Å². The van der Waals surface area contributed by atoms with Crippen molar-refractivity contribution in [1.82, 2.24) is 4.90 Å². The van der Waals surface area contributed by atoms with Crippen molar-refractivity contribution in [3.05, 3.63) is 77.0 Å². The first kappa shape index (κ1) is 29.7. The zero-order chi connectivity index (χ0) is 31.5. The molecule has 0 radical (unpaired) electrons. The van der Waals surface area contributed by atoms with Crippen molar-refractivity contribution in [1.29, 1.82) is 0 Å². The number of Topliss-reactive ketones (excluding diaryl/α,β-unsaturated/α-hetero) is 4. The lowest BCUT2D eigenvalue weighted by molar-refractivity contribution is -0.181. The van der Waals surface area contributed by atoms with E-state index in [4.69, 9.17) is 10.2 Å². The summed E-state index contributed by atoms with van der Waals surface area (Å²) in [6.45, 7) is 0. The Morgan fingerprint density at radius 2 is 1.73 bits per heavy atom. The molecule has 2 aromatic carbocycles. The number of nitrogens with two attached hydrogens (primary N) is 1. The summed E-state index contributed by atoms with van der Waals surface area (Å²) < 4.78 is 6.18. The second-order valence-electron chi connectivity index (χ2n) is 12.4. The topological polar surface area (TPSA) is 168 Å². The monoisotopic (exact) mass is 598 g/mol. The number of fused-ring (bicyclic) bond motifs is 3. The number of benzene rings is 2. The Kier molecular flexibility index (Phi) is 7.37. The number of primary amides is 1. The van der Waals surface area contributed by atoms with Gasteiger partial charge in [0.2, 0.25) is 5.91 Å². The van der Waals surface area contributed by atoms with Crippen LogP contribution in [0.3, 0.4) is 0 Å². The Balaban J connectivity index is 1.34. The average Bonchev–Trinajstić information content (AvgIpc) is 3.44. The zero-order valence-electron chi connectivity index (χ0n) is 24.5. The van der Waals surface area contributed by atoms with Crippen LogP contribution in [0.15, 0.2) is 59.0 Å². The van der Waals surface area contributed by atoms with Crippen LogP contribution in [-0.2, 0) is 38.4 Å². The average molecular weight is 599 g/mol. The van der Waals surface area contributed by atoms with Crippen molar-refractivity contribution in [3.8, 4) is 17.1 Å². The second-order valence-corrected chi connectivity index (χ2v) is 12.4. The molecule has 10 heteroatoms. The molecule has 2 fully saturated rings. The maximum absolute atomic E-state index is 14.0. The third-order valence-corrected chi connectivity index (χ3v) is 9.60. The van der Waals surface area contributed by atoms with Crippen LogP contribution < -0.4 is 5.73 Å². The maximum Gasteiger partial charge on any atom is 0.235 e. The standard InChI is InChI=1S/C34H34N2O8/c1-36(2)28-22-16-18-15-21-20(24-14-11-19(44-24)10-6-9-17-7-4-3-5-8-17)12-13-23(37)26(21)29(38)25(18)31(40)34(22,43)32(41)27(30(28)39)33(35)42/h3-5,7-8,11-14,18,22,25,27-28,37,43H,6,9-10,15-16H2,1-2H3,(H2,35,42)/t18-,22-,25?,27?,28?,34-/m1/s1. The van der Waals surface area contributed by atoms with Crippen LogP contribution in [0.1, 0.15) is 40.1 Å². The number of hydrogen-bond donors (Lipinski definition) is 3. The predicted octanol–water partition coefficient (Wildman–Crippen LogP) is 2.30. The number of amides is 1. The molecule has 4 N–H and O–H groups in total. The van der Waals surface area contributed by atoms with E-state index >= 15 is 0 Å². The lowest BCUT2D eigenvalue weighted by Crippen LogP contribution is -2.74. The number of phenols is 1. The minimum atomic E-state index is -2.75. The first-order chi connectivity index (χ1) is 20.9. The van der Waals surface area contributed by atoms with Crippen LogP contribution in [0.25, 0.3) is 11.3 Å². The van der Waals surface area contributed by atoms with Crippen LogP contribution in [0.5, 0.6) is 5.75 Å². The summed E-state index contributed by atoms with van der Waals surface area (Å²) in [5, 5.41) is 22.5. The van der Waals surface area contributed by atoms with Crippen molar-refractivity contribution >= 4 is 29.0 Å². The van der Waals surface area contributed by atoms with Crippen molar-refractivity contribution in [3.63, 3.8) is 0 Å². The van der Waals surface area contributed by atoms with Gasteiger partial charge < -0.3 is 20.4 Å². The molecule has 3 aliphatic carbocycles. The Bertz CT molecular complexity index is 1690. The van der Waals surface area contributed by atoms with Gasteiger partial charge in [0.15, 0.2) is 34.7 Å². The van der Waals surface area contributed by atoms with E-state index in [-0.39, 0.29) is 24.2 Å². The van der Waals surface area contributed by atoms with Gasteiger partial charge in [-0.25, -0.2) is 0 Å². The normalized spacial score (nSPS) is 28.0.